The van der Waals surface area contributed by atoms with E-state index in [9.17, 15) is 0 Å². The van der Waals surface area contributed by atoms with Gasteiger partial charge >= 0.3 is 0 Å². The van der Waals surface area contributed by atoms with E-state index in [1.807, 2.05) is 37.3 Å². The number of hydrogen-bond acceptors (Lipinski definition) is 3. The molecule has 0 radical (unpaired) electrons. The smallest absolute Gasteiger partial charge is 0.124 e. The molecule has 0 saturated heterocycles. The number of hydrogen-bond donors (Lipinski definition) is 1. The summed E-state index contributed by atoms with van der Waals surface area (Å²) in [4.78, 5) is 4.31. The number of nitrogens with two attached hydrogens (primary N) is 1. The SMILES string of the molecule is CO[C@H](C)c1cccc(-c2cccc(N)n2)c1. The van der Waals surface area contributed by atoms with Crippen molar-refractivity contribution < 1.29 is 4.74 Å². The summed E-state index contributed by atoms with van der Waals surface area (Å²) in [6, 6.07) is 13.8. The van der Waals surface area contributed by atoms with Gasteiger partial charge in [0.1, 0.15) is 5.82 Å². The largest absolute Gasteiger partial charge is 0.384 e. The van der Waals surface area contributed by atoms with Crippen LogP contribution in [0.1, 0.15) is 18.6 Å². The predicted molar refractivity (Wildman–Crippen MR) is 69.5 cm³/mol. The van der Waals surface area contributed by atoms with Crippen LogP contribution in [0.5, 0.6) is 0 Å². The second-order valence-electron chi connectivity index (χ2n) is 3.95. The van der Waals surface area contributed by atoms with Gasteiger partial charge in [0.05, 0.1) is 11.8 Å². The third-order valence-electron chi connectivity index (χ3n) is 2.78. The Morgan fingerprint density at radius 1 is 1.18 bits per heavy atom. The first-order valence-corrected chi connectivity index (χ1v) is 5.56. The van der Waals surface area contributed by atoms with Crippen molar-refractivity contribution in [1.82, 2.24) is 4.98 Å². The molecule has 0 aliphatic heterocycles. The van der Waals surface area contributed by atoms with Crippen molar-refractivity contribution in [1.29, 1.82) is 0 Å². The number of pyridine rings is 1. The highest BCUT2D eigenvalue weighted by molar-refractivity contribution is 5.61. The molecule has 3 heteroatoms. The molecule has 0 unspecified atom stereocenters. The van der Waals surface area contributed by atoms with E-state index < -0.39 is 0 Å². The Morgan fingerprint density at radius 3 is 2.65 bits per heavy atom. The van der Waals surface area contributed by atoms with Crippen LogP contribution in [-0.2, 0) is 4.74 Å². The van der Waals surface area contributed by atoms with E-state index in [2.05, 4.69) is 11.1 Å². The van der Waals surface area contributed by atoms with Crippen LogP contribution < -0.4 is 5.73 Å². The van der Waals surface area contributed by atoms with Crippen LogP contribution in [0.25, 0.3) is 11.3 Å². The van der Waals surface area contributed by atoms with Gasteiger partial charge in [-0.2, -0.15) is 0 Å². The number of methoxy groups -OCH3 is 1. The third kappa shape index (κ3) is 2.63. The fourth-order valence-electron chi connectivity index (χ4n) is 1.70. The van der Waals surface area contributed by atoms with Gasteiger partial charge in [-0.25, -0.2) is 4.98 Å². The van der Waals surface area contributed by atoms with Gasteiger partial charge in [0.15, 0.2) is 0 Å². The average molecular weight is 228 g/mol. The van der Waals surface area contributed by atoms with Crippen molar-refractivity contribution >= 4 is 5.82 Å². The van der Waals surface area contributed by atoms with Gasteiger partial charge in [-0.15, -0.1) is 0 Å². The minimum Gasteiger partial charge on any atom is -0.384 e. The molecule has 0 aliphatic rings. The van der Waals surface area contributed by atoms with Crippen molar-refractivity contribution in [3.63, 3.8) is 0 Å². The van der Waals surface area contributed by atoms with E-state index in [4.69, 9.17) is 10.5 Å². The fourth-order valence-corrected chi connectivity index (χ4v) is 1.70. The number of benzene rings is 1. The Bertz CT molecular complexity index is 511. The van der Waals surface area contributed by atoms with Crippen LogP contribution >= 0.6 is 0 Å². The number of rotatable bonds is 3. The lowest BCUT2D eigenvalue weighted by molar-refractivity contribution is 0.119. The summed E-state index contributed by atoms with van der Waals surface area (Å²) in [5.41, 5.74) is 8.76. The van der Waals surface area contributed by atoms with E-state index in [0.717, 1.165) is 16.8 Å². The Kier molecular flexibility index (Phi) is 3.40. The first-order valence-electron chi connectivity index (χ1n) is 5.56. The molecule has 88 valence electrons. The van der Waals surface area contributed by atoms with Gasteiger partial charge in [-0.1, -0.05) is 24.3 Å². The number of anilines is 1. The van der Waals surface area contributed by atoms with Crippen LogP contribution in [-0.4, -0.2) is 12.1 Å². The van der Waals surface area contributed by atoms with Gasteiger partial charge in [0, 0.05) is 12.7 Å². The summed E-state index contributed by atoms with van der Waals surface area (Å²) >= 11 is 0. The summed E-state index contributed by atoms with van der Waals surface area (Å²) in [5.74, 6) is 0.535. The molecule has 0 amide bonds. The molecule has 2 aromatic rings. The maximum atomic E-state index is 5.68. The van der Waals surface area contributed by atoms with Crippen LogP contribution in [0.3, 0.4) is 0 Å². The molecule has 1 atom stereocenters. The normalized spacial score (nSPS) is 12.4. The number of nitrogens with zero attached hydrogens (tertiary/aromatic N) is 1. The summed E-state index contributed by atoms with van der Waals surface area (Å²) in [5, 5.41) is 0. The molecule has 2 rings (SSSR count). The van der Waals surface area contributed by atoms with Crippen molar-refractivity contribution in [2.45, 2.75) is 13.0 Å². The zero-order valence-corrected chi connectivity index (χ0v) is 10.1. The monoisotopic (exact) mass is 228 g/mol. The molecular weight excluding hydrogens is 212 g/mol. The second-order valence-corrected chi connectivity index (χ2v) is 3.95. The van der Waals surface area contributed by atoms with Crippen molar-refractivity contribution in [2.75, 3.05) is 12.8 Å². The quantitative estimate of drug-likeness (QED) is 0.878. The summed E-state index contributed by atoms with van der Waals surface area (Å²) in [7, 11) is 1.70. The molecule has 2 N–H and O–H groups in total. The predicted octanol–water partition coefficient (Wildman–Crippen LogP) is 3.04. The van der Waals surface area contributed by atoms with E-state index in [1.165, 1.54) is 0 Å². The van der Waals surface area contributed by atoms with E-state index >= 15 is 0 Å². The van der Waals surface area contributed by atoms with Crippen molar-refractivity contribution in [3.8, 4) is 11.3 Å². The molecule has 0 bridgehead atoms. The molecule has 1 heterocycles. The first-order chi connectivity index (χ1) is 8.20. The fraction of sp³-hybridized carbons (Fsp3) is 0.214. The highest BCUT2D eigenvalue weighted by Crippen LogP contribution is 2.23. The van der Waals surface area contributed by atoms with E-state index in [0.29, 0.717) is 5.82 Å². The Labute approximate surface area is 101 Å². The summed E-state index contributed by atoms with van der Waals surface area (Å²) in [6.07, 6.45) is 0.0796. The Morgan fingerprint density at radius 2 is 1.94 bits per heavy atom. The van der Waals surface area contributed by atoms with Crippen molar-refractivity contribution in [2.24, 2.45) is 0 Å². The van der Waals surface area contributed by atoms with E-state index in [-0.39, 0.29) is 6.10 Å². The molecule has 0 spiro atoms. The Hall–Kier alpha value is -1.87. The van der Waals surface area contributed by atoms with Crippen LogP contribution in [0, 0.1) is 0 Å². The lowest BCUT2D eigenvalue weighted by Gasteiger charge is -2.11. The molecule has 0 aliphatic carbocycles. The highest BCUT2D eigenvalue weighted by atomic mass is 16.5. The van der Waals surface area contributed by atoms with Gasteiger partial charge in [-0.05, 0) is 30.7 Å². The minimum absolute atomic E-state index is 0.0796. The van der Waals surface area contributed by atoms with Crippen LogP contribution in [0.4, 0.5) is 5.82 Å². The van der Waals surface area contributed by atoms with Crippen molar-refractivity contribution in [3.05, 3.63) is 48.0 Å². The lowest BCUT2D eigenvalue weighted by Crippen LogP contribution is -1.96. The molecule has 3 nitrogen and oxygen atoms in total. The number of aromatic nitrogens is 1. The molecule has 1 aromatic heterocycles. The zero-order valence-electron chi connectivity index (χ0n) is 10.1. The molecule has 0 fully saturated rings. The van der Waals surface area contributed by atoms with Crippen LogP contribution in [0.15, 0.2) is 42.5 Å². The lowest BCUT2D eigenvalue weighted by atomic mass is 10.0. The second kappa shape index (κ2) is 4.97. The molecular formula is C14H16N2O. The topological polar surface area (TPSA) is 48.1 Å². The molecule has 17 heavy (non-hydrogen) atoms. The number of ether oxygens (including phenoxy) is 1. The van der Waals surface area contributed by atoms with Gasteiger partial charge in [0.2, 0.25) is 0 Å². The number of nitrogen functional groups attached to an aromatic ring is 1. The summed E-state index contributed by atoms with van der Waals surface area (Å²) < 4.78 is 5.31. The zero-order chi connectivity index (χ0) is 12.3. The van der Waals surface area contributed by atoms with Crippen LogP contribution in [0.2, 0.25) is 0 Å². The minimum atomic E-state index is 0.0796. The van der Waals surface area contributed by atoms with Gasteiger partial charge in [0.25, 0.3) is 0 Å². The Balaban J connectivity index is 2.39. The van der Waals surface area contributed by atoms with E-state index in [1.54, 1.807) is 13.2 Å². The first kappa shape index (κ1) is 11.6. The van der Waals surface area contributed by atoms with Gasteiger partial charge < -0.3 is 10.5 Å². The standard InChI is InChI=1S/C14H16N2O/c1-10(17-2)11-5-3-6-12(9-11)13-7-4-8-14(15)16-13/h3-10H,1-2H3,(H2,15,16)/t10-/m1/s1. The average Bonchev–Trinajstić information content (AvgIpc) is 2.38. The van der Waals surface area contributed by atoms with Gasteiger partial charge in [-0.3, -0.25) is 0 Å². The maximum Gasteiger partial charge on any atom is 0.124 e. The maximum absolute atomic E-state index is 5.68. The molecule has 1 aromatic carbocycles. The third-order valence-corrected chi connectivity index (χ3v) is 2.78. The molecule has 0 saturated carbocycles. The highest BCUT2D eigenvalue weighted by Gasteiger charge is 2.06. The summed E-state index contributed by atoms with van der Waals surface area (Å²) in [6.45, 7) is 2.02.